The summed E-state index contributed by atoms with van der Waals surface area (Å²) in [5, 5.41) is 12.9. The molecule has 5 heteroatoms. The van der Waals surface area contributed by atoms with Crippen molar-refractivity contribution < 1.29 is 19.3 Å². The minimum atomic E-state index is -0.476. The Balaban J connectivity index is 1.94. The Hall–Kier alpha value is -0.200. The van der Waals surface area contributed by atoms with E-state index < -0.39 is 6.10 Å². The molecule has 0 amide bonds. The van der Waals surface area contributed by atoms with Crippen molar-refractivity contribution in [1.29, 1.82) is 0 Å². The van der Waals surface area contributed by atoms with Crippen molar-refractivity contribution in [3.63, 3.8) is 0 Å². The molecule has 3 unspecified atom stereocenters. The summed E-state index contributed by atoms with van der Waals surface area (Å²) < 4.78 is 15.8. The Morgan fingerprint density at radius 3 is 2.94 bits per heavy atom. The molecule has 0 aliphatic carbocycles. The van der Waals surface area contributed by atoms with Gasteiger partial charge in [-0.25, -0.2) is 0 Å². The molecule has 0 radical (unpaired) electrons. The molecule has 1 aliphatic heterocycles. The van der Waals surface area contributed by atoms with E-state index in [0.29, 0.717) is 25.9 Å². The molecule has 1 saturated heterocycles. The zero-order valence-electron chi connectivity index (χ0n) is 10.9. The lowest BCUT2D eigenvalue weighted by Crippen LogP contribution is -2.36. The van der Waals surface area contributed by atoms with Crippen LogP contribution in [0.2, 0.25) is 0 Å². The van der Waals surface area contributed by atoms with Crippen LogP contribution in [0.15, 0.2) is 0 Å². The molecule has 0 bridgehead atoms. The Morgan fingerprint density at radius 2 is 2.29 bits per heavy atom. The molecule has 1 rings (SSSR count). The van der Waals surface area contributed by atoms with Crippen molar-refractivity contribution in [1.82, 2.24) is 5.32 Å². The standard InChI is InChI=1S/C12H25NO4/c1-10(8-15-2)17-9-11(14)6-13-7-12-4-3-5-16-12/h10-14H,3-9H2,1-2H3. The Bertz CT molecular complexity index is 185. The predicted octanol–water partition coefficient (Wildman–Crippen LogP) is 0.167. The van der Waals surface area contributed by atoms with Crippen LogP contribution >= 0.6 is 0 Å². The molecule has 1 heterocycles. The zero-order chi connectivity index (χ0) is 12.5. The van der Waals surface area contributed by atoms with E-state index >= 15 is 0 Å². The molecular formula is C12H25NO4. The number of aliphatic hydroxyl groups excluding tert-OH is 1. The monoisotopic (exact) mass is 247 g/mol. The van der Waals surface area contributed by atoms with Crippen molar-refractivity contribution >= 4 is 0 Å². The number of ether oxygens (including phenoxy) is 3. The van der Waals surface area contributed by atoms with Crippen LogP contribution in [0.3, 0.4) is 0 Å². The largest absolute Gasteiger partial charge is 0.389 e. The van der Waals surface area contributed by atoms with Crippen LogP contribution in [0.1, 0.15) is 19.8 Å². The molecule has 1 fully saturated rings. The van der Waals surface area contributed by atoms with Gasteiger partial charge in [-0.3, -0.25) is 0 Å². The molecule has 0 aromatic rings. The molecule has 102 valence electrons. The number of hydrogen-bond donors (Lipinski definition) is 2. The fourth-order valence-electron chi connectivity index (χ4n) is 1.83. The summed E-state index contributed by atoms with van der Waals surface area (Å²) in [4.78, 5) is 0. The summed E-state index contributed by atoms with van der Waals surface area (Å²) in [6.45, 7) is 5.03. The minimum absolute atomic E-state index is 0.0211. The highest BCUT2D eigenvalue weighted by atomic mass is 16.5. The van der Waals surface area contributed by atoms with E-state index in [9.17, 15) is 5.11 Å². The highest BCUT2D eigenvalue weighted by Gasteiger charge is 2.15. The molecule has 0 spiro atoms. The third kappa shape index (κ3) is 6.95. The van der Waals surface area contributed by atoms with Gasteiger partial charge in [0.1, 0.15) is 0 Å². The topological polar surface area (TPSA) is 60.0 Å². The quantitative estimate of drug-likeness (QED) is 0.608. The van der Waals surface area contributed by atoms with Crippen LogP contribution in [0.4, 0.5) is 0 Å². The van der Waals surface area contributed by atoms with E-state index in [1.807, 2.05) is 6.92 Å². The van der Waals surface area contributed by atoms with E-state index in [1.54, 1.807) is 7.11 Å². The molecule has 0 aromatic carbocycles. The van der Waals surface area contributed by atoms with Crippen LogP contribution in [-0.4, -0.2) is 63.4 Å². The fraction of sp³-hybridized carbons (Fsp3) is 1.00. The van der Waals surface area contributed by atoms with Gasteiger partial charge >= 0.3 is 0 Å². The Morgan fingerprint density at radius 1 is 1.47 bits per heavy atom. The molecule has 0 saturated carbocycles. The van der Waals surface area contributed by atoms with Crippen LogP contribution < -0.4 is 5.32 Å². The van der Waals surface area contributed by atoms with E-state index in [4.69, 9.17) is 14.2 Å². The summed E-state index contributed by atoms with van der Waals surface area (Å²) in [5.41, 5.74) is 0. The summed E-state index contributed by atoms with van der Waals surface area (Å²) in [7, 11) is 1.64. The van der Waals surface area contributed by atoms with Gasteiger partial charge in [-0.05, 0) is 19.8 Å². The second-order valence-electron chi connectivity index (χ2n) is 4.55. The van der Waals surface area contributed by atoms with Crippen molar-refractivity contribution in [3.05, 3.63) is 0 Å². The number of nitrogens with one attached hydrogen (secondary N) is 1. The van der Waals surface area contributed by atoms with Gasteiger partial charge in [-0.2, -0.15) is 0 Å². The first-order chi connectivity index (χ1) is 8.22. The maximum absolute atomic E-state index is 9.67. The van der Waals surface area contributed by atoms with E-state index in [1.165, 1.54) is 0 Å². The van der Waals surface area contributed by atoms with E-state index in [-0.39, 0.29) is 6.10 Å². The molecule has 17 heavy (non-hydrogen) atoms. The first-order valence-electron chi connectivity index (χ1n) is 6.33. The molecule has 5 nitrogen and oxygen atoms in total. The maximum Gasteiger partial charge on any atom is 0.0897 e. The summed E-state index contributed by atoms with van der Waals surface area (Å²) in [5.74, 6) is 0. The van der Waals surface area contributed by atoms with Crippen LogP contribution in [0.5, 0.6) is 0 Å². The molecule has 1 aliphatic rings. The highest BCUT2D eigenvalue weighted by Crippen LogP contribution is 2.10. The van der Waals surface area contributed by atoms with Crippen molar-refractivity contribution in [2.24, 2.45) is 0 Å². The lowest BCUT2D eigenvalue weighted by Gasteiger charge is -2.17. The van der Waals surface area contributed by atoms with Gasteiger partial charge in [-0.15, -0.1) is 0 Å². The van der Waals surface area contributed by atoms with Gasteiger partial charge in [0.15, 0.2) is 0 Å². The number of methoxy groups -OCH3 is 1. The lowest BCUT2D eigenvalue weighted by atomic mass is 10.2. The second-order valence-corrected chi connectivity index (χ2v) is 4.55. The summed E-state index contributed by atoms with van der Waals surface area (Å²) in [6.07, 6.45) is 2.12. The normalized spacial score (nSPS) is 23.8. The fourth-order valence-corrected chi connectivity index (χ4v) is 1.83. The smallest absolute Gasteiger partial charge is 0.0897 e. The first kappa shape index (κ1) is 14.9. The van der Waals surface area contributed by atoms with Gasteiger partial charge in [0.25, 0.3) is 0 Å². The lowest BCUT2D eigenvalue weighted by molar-refractivity contribution is -0.0316. The Labute approximate surface area is 103 Å². The molecule has 2 N–H and O–H groups in total. The number of rotatable bonds is 9. The SMILES string of the molecule is COCC(C)OCC(O)CNCC1CCCO1. The van der Waals surface area contributed by atoms with Crippen molar-refractivity contribution in [2.45, 2.75) is 38.1 Å². The highest BCUT2D eigenvalue weighted by molar-refractivity contribution is 4.69. The van der Waals surface area contributed by atoms with E-state index in [0.717, 1.165) is 26.0 Å². The average Bonchev–Trinajstić information content (AvgIpc) is 2.80. The average molecular weight is 247 g/mol. The van der Waals surface area contributed by atoms with Gasteiger partial charge in [-0.1, -0.05) is 0 Å². The van der Waals surface area contributed by atoms with E-state index in [2.05, 4.69) is 5.32 Å². The van der Waals surface area contributed by atoms with Crippen molar-refractivity contribution in [2.75, 3.05) is 40.0 Å². The first-order valence-corrected chi connectivity index (χ1v) is 6.33. The Kier molecular flexibility index (Phi) is 7.72. The molecular weight excluding hydrogens is 222 g/mol. The van der Waals surface area contributed by atoms with Crippen molar-refractivity contribution in [3.8, 4) is 0 Å². The zero-order valence-corrected chi connectivity index (χ0v) is 10.9. The summed E-state index contributed by atoms with van der Waals surface area (Å²) in [6, 6.07) is 0. The number of hydrogen-bond acceptors (Lipinski definition) is 5. The van der Waals surface area contributed by atoms with Crippen LogP contribution in [-0.2, 0) is 14.2 Å². The maximum atomic E-state index is 9.67. The third-order valence-electron chi connectivity index (χ3n) is 2.75. The minimum Gasteiger partial charge on any atom is -0.389 e. The van der Waals surface area contributed by atoms with Gasteiger partial charge in [0.05, 0.1) is 31.5 Å². The third-order valence-corrected chi connectivity index (χ3v) is 2.75. The summed E-state index contributed by atoms with van der Waals surface area (Å²) >= 11 is 0. The van der Waals surface area contributed by atoms with Gasteiger partial charge in [0, 0.05) is 26.8 Å². The van der Waals surface area contributed by atoms with Gasteiger partial charge < -0.3 is 24.6 Å². The molecule has 3 atom stereocenters. The van der Waals surface area contributed by atoms with Crippen LogP contribution in [0, 0.1) is 0 Å². The predicted molar refractivity (Wildman–Crippen MR) is 65.1 cm³/mol. The molecule has 0 aromatic heterocycles. The van der Waals surface area contributed by atoms with Crippen LogP contribution in [0.25, 0.3) is 0 Å². The second kappa shape index (κ2) is 8.83. The van der Waals surface area contributed by atoms with Gasteiger partial charge in [0.2, 0.25) is 0 Å². The number of aliphatic hydroxyl groups is 1.